The monoisotopic (exact) mass is 499 g/mol. The van der Waals surface area contributed by atoms with E-state index >= 15 is 0 Å². The third-order valence-electron chi connectivity index (χ3n) is 6.47. The summed E-state index contributed by atoms with van der Waals surface area (Å²) in [5.74, 6) is 0. The highest BCUT2D eigenvalue weighted by atomic mass is 19.4. The number of anilines is 2. The summed E-state index contributed by atoms with van der Waals surface area (Å²) in [5.41, 5.74) is 6.76. The van der Waals surface area contributed by atoms with E-state index < -0.39 is 11.7 Å². The Morgan fingerprint density at radius 2 is 1.76 bits per heavy atom. The van der Waals surface area contributed by atoms with Crippen molar-refractivity contribution < 1.29 is 13.2 Å². The second kappa shape index (κ2) is 9.10. The molecule has 0 atom stereocenters. The van der Waals surface area contributed by atoms with Gasteiger partial charge in [-0.2, -0.15) is 13.2 Å². The highest BCUT2D eigenvalue weighted by molar-refractivity contribution is 6.27. The number of hydrogen-bond acceptors (Lipinski definition) is 5. The number of fused-ring (bicyclic) bond motifs is 2. The summed E-state index contributed by atoms with van der Waals surface area (Å²) >= 11 is 0. The molecule has 6 rings (SSSR count). The highest BCUT2D eigenvalue weighted by Crippen LogP contribution is 2.43. The van der Waals surface area contributed by atoms with Crippen LogP contribution in [0.3, 0.4) is 0 Å². The first-order valence-corrected chi connectivity index (χ1v) is 12.2. The average Bonchev–Trinajstić information content (AvgIpc) is 3.69. The van der Waals surface area contributed by atoms with Crippen molar-refractivity contribution in [2.24, 2.45) is 15.0 Å². The summed E-state index contributed by atoms with van der Waals surface area (Å²) in [6.45, 7) is 1.98. The number of halogens is 3. The zero-order valence-corrected chi connectivity index (χ0v) is 20.2. The number of pyridine rings is 1. The number of nitrogens with zero attached hydrogens (tertiary/aromatic N) is 5. The third kappa shape index (κ3) is 4.96. The fraction of sp³-hybridized carbons (Fsp3) is 0.241. The minimum atomic E-state index is -4.40. The predicted octanol–water partition coefficient (Wildman–Crippen LogP) is 7.69. The van der Waals surface area contributed by atoms with E-state index in [0.717, 1.165) is 70.4 Å². The number of hydrogen-bond donors (Lipinski definition) is 0. The summed E-state index contributed by atoms with van der Waals surface area (Å²) in [6, 6.07) is 15.2. The average molecular weight is 500 g/mol. The first kappa shape index (κ1) is 23.3. The molecule has 2 aromatic carbocycles. The second-order valence-corrected chi connectivity index (χ2v) is 9.56. The van der Waals surface area contributed by atoms with Gasteiger partial charge in [-0.25, -0.2) is 4.99 Å². The Kier molecular flexibility index (Phi) is 5.74. The molecule has 0 N–H and O–H groups in total. The molecular weight excluding hydrogens is 475 g/mol. The third-order valence-corrected chi connectivity index (χ3v) is 6.47. The molecule has 3 aromatic rings. The van der Waals surface area contributed by atoms with E-state index in [1.807, 2.05) is 48.2 Å². The minimum Gasteiger partial charge on any atom is -0.306 e. The van der Waals surface area contributed by atoms with Crippen molar-refractivity contribution in [2.45, 2.75) is 44.8 Å². The summed E-state index contributed by atoms with van der Waals surface area (Å²) < 4.78 is 39.8. The van der Waals surface area contributed by atoms with Gasteiger partial charge in [0.25, 0.3) is 0 Å². The fourth-order valence-electron chi connectivity index (χ4n) is 4.62. The number of alkyl halides is 3. The number of aromatic nitrogens is 1. The zero-order chi connectivity index (χ0) is 25.6. The predicted molar refractivity (Wildman–Crippen MR) is 141 cm³/mol. The molecule has 0 unspecified atom stereocenters. The lowest BCUT2D eigenvalue weighted by molar-refractivity contribution is -0.137. The van der Waals surface area contributed by atoms with Gasteiger partial charge in [-0.05, 0) is 73.9 Å². The number of aliphatic imine (C=N–C) groups is 3. The van der Waals surface area contributed by atoms with Crippen molar-refractivity contribution in [2.75, 3.05) is 4.90 Å². The first-order chi connectivity index (χ1) is 17.8. The molecule has 3 aliphatic rings. The van der Waals surface area contributed by atoms with Crippen molar-refractivity contribution in [1.82, 2.24) is 4.98 Å². The van der Waals surface area contributed by atoms with Crippen LogP contribution in [0.5, 0.6) is 0 Å². The topological polar surface area (TPSA) is 53.2 Å². The van der Waals surface area contributed by atoms with Crippen molar-refractivity contribution in [1.29, 1.82) is 0 Å². The van der Waals surface area contributed by atoms with Gasteiger partial charge in [0.15, 0.2) is 0 Å². The molecule has 0 saturated heterocycles. The van der Waals surface area contributed by atoms with Gasteiger partial charge in [0.1, 0.15) is 0 Å². The summed E-state index contributed by atoms with van der Waals surface area (Å²) in [7, 11) is 0. The van der Waals surface area contributed by atoms with Crippen LogP contribution >= 0.6 is 0 Å². The maximum atomic E-state index is 13.3. The smallest absolute Gasteiger partial charge is 0.306 e. The molecule has 0 bridgehead atoms. The Hall–Kier alpha value is -4.07. The van der Waals surface area contributed by atoms with Crippen LogP contribution in [0.4, 0.5) is 35.9 Å². The Labute approximate surface area is 212 Å². The highest BCUT2D eigenvalue weighted by Gasteiger charge is 2.33. The van der Waals surface area contributed by atoms with Gasteiger partial charge < -0.3 is 4.90 Å². The van der Waals surface area contributed by atoms with Crippen LogP contribution in [0.25, 0.3) is 0 Å². The lowest BCUT2D eigenvalue weighted by atomic mass is 10.0. The molecular formula is C29H24F3N5. The van der Waals surface area contributed by atoms with Gasteiger partial charge in [0.05, 0.1) is 46.3 Å². The summed E-state index contributed by atoms with van der Waals surface area (Å²) in [6.07, 6.45) is 4.36. The van der Waals surface area contributed by atoms with E-state index in [0.29, 0.717) is 24.6 Å². The molecule has 1 fully saturated rings. The standard InChI is InChI=1S/C29H24F3N5/c1-18-12-23(17-33-16-18)35-21-13-22(34-20-8-9-20)15-28-26(14-21)36-25-4-2-3-5-27(25)37(28)24-10-6-19(7-11-24)29(30,31)32/h2-7,10-12,15-17,20H,8-9,13-14H2,1H3. The maximum absolute atomic E-state index is 13.3. The Balaban J connectivity index is 1.48. The van der Waals surface area contributed by atoms with Gasteiger partial charge in [-0.15, -0.1) is 0 Å². The second-order valence-electron chi connectivity index (χ2n) is 9.56. The molecule has 8 heteroatoms. The van der Waals surface area contributed by atoms with Crippen LogP contribution in [0.15, 0.2) is 93.7 Å². The lowest BCUT2D eigenvalue weighted by Gasteiger charge is -2.32. The Morgan fingerprint density at radius 1 is 0.973 bits per heavy atom. The normalized spacial score (nSPS) is 19.7. The largest absolute Gasteiger partial charge is 0.416 e. The molecule has 1 aliphatic heterocycles. The molecule has 2 heterocycles. The fourth-order valence-corrected chi connectivity index (χ4v) is 4.62. The van der Waals surface area contributed by atoms with Crippen LogP contribution in [0, 0.1) is 6.92 Å². The molecule has 37 heavy (non-hydrogen) atoms. The van der Waals surface area contributed by atoms with Crippen LogP contribution < -0.4 is 4.90 Å². The van der Waals surface area contributed by atoms with E-state index in [1.165, 1.54) is 12.1 Å². The number of para-hydroxylation sites is 2. The minimum absolute atomic E-state index is 0.308. The Bertz CT molecular complexity index is 1480. The van der Waals surface area contributed by atoms with Crippen molar-refractivity contribution in [3.8, 4) is 0 Å². The van der Waals surface area contributed by atoms with Gasteiger partial charge in [-0.1, -0.05) is 12.1 Å². The van der Waals surface area contributed by atoms with Gasteiger partial charge in [-0.3, -0.25) is 15.0 Å². The molecule has 0 radical (unpaired) electrons. The molecule has 5 nitrogen and oxygen atoms in total. The van der Waals surface area contributed by atoms with E-state index in [9.17, 15) is 13.2 Å². The maximum Gasteiger partial charge on any atom is 0.416 e. The van der Waals surface area contributed by atoms with E-state index in [1.54, 1.807) is 12.4 Å². The van der Waals surface area contributed by atoms with Gasteiger partial charge >= 0.3 is 6.18 Å². The molecule has 186 valence electrons. The SMILES string of the molecule is Cc1cncc(N=C2CC(=NC3CC3)C=C3C(=Nc4ccccc4N3c3ccc(C(F)(F)F)cc3)C2)c1. The van der Waals surface area contributed by atoms with Gasteiger partial charge in [0, 0.05) is 36.1 Å². The quantitative estimate of drug-likeness (QED) is 0.371. The lowest BCUT2D eigenvalue weighted by Crippen LogP contribution is -2.26. The van der Waals surface area contributed by atoms with Crippen LogP contribution in [-0.4, -0.2) is 28.2 Å². The van der Waals surface area contributed by atoms with E-state index in [4.69, 9.17) is 15.0 Å². The van der Waals surface area contributed by atoms with Crippen LogP contribution in [0.2, 0.25) is 0 Å². The molecule has 0 spiro atoms. The number of allylic oxidation sites excluding steroid dienone is 2. The van der Waals surface area contributed by atoms with Gasteiger partial charge in [0.2, 0.25) is 0 Å². The first-order valence-electron chi connectivity index (χ1n) is 12.2. The molecule has 2 aliphatic carbocycles. The summed E-state index contributed by atoms with van der Waals surface area (Å²) in [4.78, 5) is 21.1. The summed E-state index contributed by atoms with van der Waals surface area (Å²) in [5, 5.41) is 0. The van der Waals surface area contributed by atoms with E-state index in [2.05, 4.69) is 4.98 Å². The van der Waals surface area contributed by atoms with Crippen molar-refractivity contribution >= 4 is 39.9 Å². The number of benzene rings is 2. The van der Waals surface area contributed by atoms with E-state index in [-0.39, 0.29) is 0 Å². The van der Waals surface area contributed by atoms with Crippen molar-refractivity contribution in [3.63, 3.8) is 0 Å². The Morgan fingerprint density at radius 3 is 2.49 bits per heavy atom. The zero-order valence-electron chi connectivity index (χ0n) is 20.2. The number of aryl methyl sites for hydroxylation is 1. The molecule has 0 amide bonds. The van der Waals surface area contributed by atoms with Crippen LogP contribution in [0.1, 0.15) is 36.8 Å². The molecule has 1 aromatic heterocycles. The van der Waals surface area contributed by atoms with Crippen molar-refractivity contribution in [3.05, 3.63) is 89.9 Å². The molecule has 1 saturated carbocycles. The van der Waals surface area contributed by atoms with Crippen LogP contribution in [-0.2, 0) is 6.18 Å². The number of rotatable bonds is 3.